The highest BCUT2D eigenvalue weighted by Crippen LogP contribution is 2.41. The number of methoxy groups -OCH3 is 2. The number of ether oxygens (including phenoxy) is 2. The molecule has 0 bridgehead atoms. The number of carbonyl (C=O) groups is 1. The summed E-state index contributed by atoms with van der Waals surface area (Å²) in [7, 11) is 2.69. The van der Waals surface area contributed by atoms with E-state index in [0.29, 0.717) is 0 Å². The van der Waals surface area contributed by atoms with Crippen LogP contribution < -0.4 is 9.47 Å². The lowest BCUT2D eigenvalue weighted by molar-refractivity contribution is 0.0689. The van der Waals surface area contributed by atoms with Crippen LogP contribution in [-0.2, 0) is 0 Å². The summed E-state index contributed by atoms with van der Waals surface area (Å²) in [5, 5.41) is 18.4. The van der Waals surface area contributed by atoms with E-state index < -0.39 is 5.97 Å². The zero-order valence-corrected chi connectivity index (χ0v) is 9.66. The molecule has 1 aromatic carbocycles. The lowest BCUT2D eigenvalue weighted by Crippen LogP contribution is -2.03. The first kappa shape index (κ1) is 11.6. The third-order valence-corrected chi connectivity index (χ3v) is 2.41. The molecule has 0 atom stereocenters. The summed E-state index contributed by atoms with van der Waals surface area (Å²) in [6.07, 6.45) is 0. The van der Waals surface area contributed by atoms with E-state index in [1.807, 2.05) is 0 Å². The van der Waals surface area contributed by atoms with Gasteiger partial charge in [-0.2, -0.15) is 0 Å². The van der Waals surface area contributed by atoms with Gasteiger partial charge in [-0.25, -0.2) is 4.79 Å². The Balaban J connectivity index is 3.56. The third-order valence-electron chi connectivity index (χ3n) is 1.81. The highest BCUT2D eigenvalue weighted by atomic mass is 79.9. The van der Waals surface area contributed by atoms with Crippen LogP contribution in [0.2, 0.25) is 0 Å². The van der Waals surface area contributed by atoms with Gasteiger partial charge in [0.25, 0.3) is 0 Å². The molecule has 0 aliphatic heterocycles. The molecule has 1 rings (SSSR count). The zero-order valence-electron chi connectivity index (χ0n) is 8.07. The molecule has 0 aliphatic carbocycles. The molecule has 0 aromatic heterocycles. The molecule has 0 saturated carbocycles. The molecule has 82 valence electrons. The predicted molar refractivity (Wildman–Crippen MR) is 55.9 cm³/mol. The van der Waals surface area contributed by atoms with Crippen molar-refractivity contribution in [3.63, 3.8) is 0 Å². The summed E-state index contributed by atoms with van der Waals surface area (Å²) in [4.78, 5) is 10.9. The number of carboxylic acid groups (broad SMARTS) is 1. The first-order chi connectivity index (χ1) is 7.02. The maximum atomic E-state index is 10.9. The summed E-state index contributed by atoms with van der Waals surface area (Å²) >= 11 is 3.02. The van der Waals surface area contributed by atoms with Gasteiger partial charge < -0.3 is 19.7 Å². The van der Waals surface area contributed by atoms with Crippen LogP contribution in [0.4, 0.5) is 0 Å². The topological polar surface area (TPSA) is 76.0 Å². The Morgan fingerprint density at radius 2 is 2.00 bits per heavy atom. The highest BCUT2D eigenvalue weighted by Gasteiger charge is 2.23. The van der Waals surface area contributed by atoms with Crippen molar-refractivity contribution in [1.82, 2.24) is 0 Å². The van der Waals surface area contributed by atoms with E-state index in [0.717, 1.165) is 0 Å². The first-order valence-corrected chi connectivity index (χ1v) is 4.69. The summed E-state index contributed by atoms with van der Waals surface area (Å²) in [5.41, 5.74) is -0.330. The molecule has 0 unspecified atom stereocenters. The van der Waals surface area contributed by atoms with Gasteiger partial charge in [-0.05, 0) is 15.9 Å². The lowest BCUT2D eigenvalue weighted by atomic mass is 10.1. The van der Waals surface area contributed by atoms with Crippen molar-refractivity contribution < 1.29 is 24.5 Å². The van der Waals surface area contributed by atoms with Crippen molar-refractivity contribution in [2.24, 2.45) is 0 Å². The Labute approximate surface area is 94.4 Å². The molecule has 6 heteroatoms. The predicted octanol–water partition coefficient (Wildman–Crippen LogP) is 1.87. The van der Waals surface area contributed by atoms with Crippen molar-refractivity contribution in [3.05, 3.63) is 16.1 Å². The smallest absolute Gasteiger partial charge is 0.343 e. The minimum atomic E-state index is -1.29. The standard InChI is InChI=1S/C9H9BrO5/c1-14-5-3-4(10)7(11)6(9(12)13)8(5)15-2/h3,11H,1-2H3,(H,12,13). The maximum Gasteiger partial charge on any atom is 0.343 e. The van der Waals surface area contributed by atoms with E-state index in [4.69, 9.17) is 14.6 Å². The number of aromatic carboxylic acids is 1. The first-order valence-electron chi connectivity index (χ1n) is 3.89. The van der Waals surface area contributed by atoms with E-state index in [1.54, 1.807) is 0 Å². The van der Waals surface area contributed by atoms with Gasteiger partial charge in [0.1, 0.15) is 11.3 Å². The van der Waals surface area contributed by atoms with Crippen molar-refractivity contribution in [2.45, 2.75) is 0 Å². The fourth-order valence-corrected chi connectivity index (χ4v) is 1.56. The summed E-state index contributed by atoms with van der Waals surface area (Å²) < 4.78 is 10.0. The van der Waals surface area contributed by atoms with Crippen LogP contribution in [0.3, 0.4) is 0 Å². The Kier molecular flexibility index (Phi) is 3.41. The molecule has 1 aromatic rings. The number of halogens is 1. The van der Waals surface area contributed by atoms with Gasteiger partial charge >= 0.3 is 5.97 Å². The van der Waals surface area contributed by atoms with Gasteiger partial charge in [-0.3, -0.25) is 0 Å². The van der Waals surface area contributed by atoms with Gasteiger partial charge in [-0.1, -0.05) is 0 Å². The number of benzene rings is 1. The Bertz CT molecular complexity index is 402. The number of hydrogen-bond donors (Lipinski definition) is 2. The second-order valence-electron chi connectivity index (χ2n) is 2.62. The van der Waals surface area contributed by atoms with E-state index in [9.17, 15) is 9.90 Å². The normalized spacial score (nSPS) is 9.80. The Hall–Kier alpha value is -1.43. The van der Waals surface area contributed by atoms with Crippen molar-refractivity contribution in [1.29, 1.82) is 0 Å². The van der Waals surface area contributed by atoms with Crippen molar-refractivity contribution >= 4 is 21.9 Å². The Morgan fingerprint density at radius 1 is 1.40 bits per heavy atom. The van der Waals surface area contributed by atoms with Gasteiger partial charge in [-0.15, -0.1) is 0 Å². The summed E-state index contributed by atoms with van der Waals surface area (Å²) in [5.74, 6) is -1.45. The lowest BCUT2D eigenvalue weighted by Gasteiger charge is -2.12. The second kappa shape index (κ2) is 4.39. The number of rotatable bonds is 3. The number of hydrogen-bond acceptors (Lipinski definition) is 4. The number of phenols is 1. The highest BCUT2D eigenvalue weighted by molar-refractivity contribution is 9.10. The molecule has 5 nitrogen and oxygen atoms in total. The van der Waals surface area contributed by atoms with Crippen LogP contribution in [0.15, 0.2) is 10.5 Å². The minimum Gasteiger partial charge on any atom is -0.506 e. The van der Waals surface area contributed by atoms with Crippen LogP contribution in [-0.4, -0.2) is 30.4 Å². The fraction of sp³-hybridized carbons (Fsp3) is 0.222. The molecule has 0 radical (unpaired) electrons. The van der Waals surface area contributed by atoms with E-state index in [-0.39, 0.29) is 27.3 Å². The summed E-state index contributed by atoms with van der Waals surface area (Å²) in [6.45, 7) is 0. The van der Waals surface area contributed by atoms with Crippen LogP contribution in [0.1, 0.15) is 10.4 Å². The molecule has 2 N–H and O–H groups in total. The van der Waals surface area contributed by atoms with Crippen LogP contribution in [0.25, 0.3) is 0 Å². The number of carboxylic acids is 1. The maximum absolute atomic E-state index is 10.9. The van der Waals surface area contributed by atoms with E-state index in [2.05, 4.69) is 15.9 Å². The monoisotopic (exact) mass is 276 g/mol. The number of aromatic hydroxyl groups is 1. The SMILES string of the molecule is COc1cc(Br)c(O)c(C(=O)O)c1OC. The minimum absolute atomic E-state index is 0.00861. The molecular weight excluding hydrogens is 268 g/mol. The zero-order chi connectivity index (χ0) is 11.6. The van der Waals surface area contributed by atoms with Crippen molar-refractivity contribution in [2.75, 3.05) is 14.2 Å². The molecule has 0 spiro atoms. The molecular formula is C9H9BrO5. The largest absolute Gasteiger partial charge is 0.506 e. The molecule has 0 aliphatic rings. The molecule has 0 fully saturated rings. The van der Waals surface area contributed by atoms with Gasteiger partial charge in [0.15, 0.2) is 11.5 Å². The molecule has 15 heavy (non-hydrogen) atoms. The van der Waals surface area contributed by atoms with Gasteiger partial charge in [0.05, 0.1) is 18.7 Å². The van der Waals surface area contributed by atoms with Gasteiger partial charge in [0, 0.05) is 6.07 Å². The average Bonchev–Trinajstić information content (AvgIpc) is 2.20. The second-order valence-corrected chi connectivity index (χ2v) is 3.48. The van der Waals surface area contributed by atoms with E-state index >= 15 is 0 Å². The third kappa shape index (κ3) is 1.99. The Morgan fingerprint density at radius 3 is 2.40 bits per heavy atom. The van der Waals surface area contributed by atoms with Crippen LogP contribution in [0, 0.1) is 0 Å². The molecule has 0 saturated heterocycles. The fourth-order valence-electron chi connectivity index (χ4n) is 1.15. The average molecular weight is 277 g/mol. The van der Waals surface area contributed by atoms with Gasteiger partial charge in [0.2, 0.25) is 0 Å². The molecule has 0 amide bonds. The molecule has 0 heterocycles. The van der Waals surface area contributed by atoms with Crippen molar-refractivity contribution in [3.8, 4) is 17.2 Å². The summed E-state index contributed by atoms with van der Waals surface area (Å²) in [6, 6.07) is 1.43. The van der Waals surface area contributed by atoms with Crippen LogP contribution >= 0.6 is 15.9 Å². The quantitative estimate of drug-likeness (QED) is 0.882. The van der Waals surface area contributed by atoms with E-state index in [1.165, 1.54) is 20.3 Å². The van der Waals surface area contributed by atoms with Crippen LogP contribution in [0.5, 0.6) is 17.2 Å².